The average molecular weight is 639 g/mol. The highest BCUT2D eigenvalue weighted by atomic mass is 32.1. The van der Waals surface area contributed by atoms with Crippen molar-refractivity contribution >= 4 is 40.1 Å². The van der Waals surface area contributed by atoms with E-state index >= 15 is 0 Å². The van der Waals surface area contributed by atoms with Crippen LogP contribution in [-0.4, -0.2) is 109 Å². The number of aryl methyl sites for hydroxylation is 1. The van der Waals surface area contributed by atoms with Crippen LogP contribution < -0.4 is 25.6 Å². The van der Waals surface area contributed by atoms with Crippen LogP contribution in [0, 0.1) is 6.92 Å². The second-order valence-electron chi connectivity index (χ2n) is 10.8. The number of nitrogens with zero attached hydrogens (tertiary/aromatic N) is 4. The molecule has 45 heavy (non-hydrogen) atoms. The first-order valence-corrected chi connectivity index (χ1v) is 15.8. The summed E-state index contributed by atoms with van der Waals surface area (Å²) in [5.74, 6) is -0.895. The zero-order valence-corrected chi connectivity index (χ0v) is 26.0. The molecule has 0 unspecified atom stereocenters. The number of thiazole rings is 1. The summed E-state index contributed by atoms with van der Waals surface area (Å²) in [5, 5.41) is 9.31. The van der Waals surface area contributed by atoms with Gasteiger partial charge in [0.05, 0.1) is 38.3 Å². The molecule has 14 nitrogen and oxygen atoms in total. The molecule has 2 aliphatic heterocycles. The second kappa shape index (κ2) is 15.5. The molecule has 4 heterocycles. The van der Waals surface area contributed by atoms with Crippen LogP contribution in [-0.2, 0) is 20.7 Å². The Morgan fingerprint density at radius 3 is 2.71 bits per heavy atom. The van der Waals surface area contributed by atoms with Gasteiger partial charge in [0.25, 0.3) is 11.8 Å². The molecule has 1 aromatic carbocycles. The van der Waals surface area contributed by atoms with Crippen LogP contribution in [0.1, 0.15) is 44.3 Å². The first-order chi connectivity index (χ1) is 21.9. The van der Waals surface area contributed by atoms with Crippen LogP contribution in [0.15, 0.2) is 36.8 Å². The molecule has 15 heteroatoms. The van der Waals surface area contributed by atoms with E-state index in [0.717, 1.165) is 5.13 Å². The summed E-state index contributed by atoms with van der Waals surface area (Å²) in [7, 11) is 0. The van der Waals surface area contributed by atoms with Crippen molar-refractivity contribution < 1.29 is 28.7 Å². The number of aromatic amines is 1. The first kappa shape index (κ1) is 31.9. The zero-order valence-electron chi connectivity index (χ0n) is 25.2. The summed E-state index contributed by atoms with van der Waals surface area (Å²) in [6.45, 7) is 5.31. The molecule has 0 saturated carbocycles. The lowest BCUT2D eigenvalue weighted by Crippen LogP contribution is -2.48. The van der Waals surface area contributed by atoms with E-state index in [1.807, 2.05) is 0 Å². The summed E-state index contributed by atoms with van der Waals surface area (Å²) < 4.78 is 11.2. The molecule has 5 rings (SSSR count). The Labute approximate surface area is 264 Å². The number of aromatic nitrogens is 3. The van der Waals surface area contributed by atoms with Gasteiger partial charge in [0.2, 0.25) is 11.8 Å². The van der Waals surface area contributed by atoms with Crippen LogP contribution in [0.5, 0.6) is 5.75 Å². The molecule has 1 atom stereocenters. The monoisotopic (exact) mass is 638 g/mol. The van der Waals surface area contributed by atoms with E-state index in [1.54, 1.807) is 37.4 Å². The molecule has 2 aromatic heterocycles. The fourth-order valence-electron chi connectivity index (χ4n) is 5.01. The van der Waals surface area contributed by atoms with Gasteiger partial charge in [-0.05, 0) is 38.0 Å². The number of imidazole rings is 1. The minimum absolute atomic E-state index is 0.129. The topological polar surface area (TPSA) is 171 Å². The lowest BCUT2D eigenvalue weighted by atomic mass is 10.1. The van der Waals surface area contributed by atoms with Crippen molar-refractivity contribution in [3.05, 3.63) is 58.6 Å². The van der Waals surface area contributed by atoms with Gasteiger partial charge in [-0.3, -0.25) is 19.2 Å². The van der Waals surface area contributed by atoms with Gasteiger partial charge >= 0.3 is 0 Å². The van der Waals surface area contributed by atoms with E-state index in [-0.39, 0.29) is 43.8 Å². The third-order valence-electron chi connectivity index (χ3n) is 7.43. The standard InChI is InChI=1S/C30H38N8O6S/c1-20-26(45-30(35-20)37-10-13-43-14-11-37)29(42)38-9-3-2-7-33-28(41)24(16-22-17-31-19-34-22)36-27(40)21-5-4-6-23(15-21)44-12-8-32-25(39)18-38/h4-6,15,17,19,24H,2-3,7-14,16,18H2,1H3,(H,31,34)(H,32,39)(H,33,41)(H,36,40)/t24-/m0/s1. The molecular weight excluding hydrogens is 600 g/mol. The summed E-state index contributed by atoms with van der Waals surface area (Å²) in [6.07, 6.45) is 4.45. The molecule has 1 saturated heterocycles. The maximum Gasteiger partial charge on any atom is 0.266 e. The Bertz CT molecular complexity index is 1470. The number of nitrogens with one attached hydrogen (secondary N) is 4. The normalized spacial score (nSPS) is 19.3. The number of benzene rings is 1. The van der Waals surface area contributed by atoms with Crippen molar-refractivity contribution in [3.63, 3.8) is 0 Å². The van der Waals surface area contributed by atoms with Crippen molar-refractivity contribution in [3.8, 4) is 5.75 Å². The smallest absolute Gasteiger partial charge is 0.266 e. The van der Waals surface area contributed by atoms with Crippen molar-refractivity contribution in [1.29, 1.82) is 0 Å². The Kier molecular flexibility index (Phi) is 11.0. The van der Waals surface area contributed by atoms with Gasteiger partial charge in [0.1, 0.15) is 23.3 Å². The summed E-state index contributed by atoms with van der Waals surface area (Å²) in [4.78, 5) is 68.7. The number of hydrogen-bond donors (Lipinski definition) is 4. The van der Waals surface area contributed by atoms with Crippen molar-refractivity contribution in [1.82, 2.24) is 35.8 Å². The summed E-state index contributed by atoms with van der Waals surface area (Å²) in [5.41, 5.74) is 1.66. The van der Waals surface area contributed by atoms with E-state index in [9.17, 15) is 19.2 Å². The molecule has 2 bridgehead atoms. The molecular formula is C30H38N8O6S. The summed E-state index contributed by atoms with van der Waals surface area (Å²) in [6, 6.07) is 5.76. The number of rotatable bonds is 4. The molecule has 0 aliphatic carbocycles. The van der Waals surface area contributed by atoms with Crippen LogP contribution in [0.3, 0.4) is 0 Å². The van der Waals surface area contributed by atoms with Gasteiger partial charge in [-0.25, -0.2) is 9.97 Å². The zero-order chi connectivity index (χ0) is 31.6. The average Bonchev–Trinajstić information content (AvgIpc) is 3.71. The molecule has 4 N–H and O–H groups in total. The minimum Gasteiger partial charge on any atom is -0.492 e. The number of anilines is 1. The van der Waals surface area contributed by atoms with Gasteiger partial charge in [0, 0.05) is 50.1 Å². The Morgan fingerprint density at radius 1 is 1.07 bits per heavy atom. The third kappa shape index (κ3) is 8.79. The quantitative estimate of drug-likeness (QED) is 0.324. The predicted octanol–water partition coefficient (Wildman–Crippen LogP) is 0.900. The number of amides is 4. The number of morpholine rings is 1. The maximum absolute atomic E-state index is 13.7. The van der Waals surface area contributed by atoms with Crippen molar-refractivity contribution in [2.75, 3.05) is 64.0 Å². The van der Waals surface area contributed by atoms with E-state index in [0.29, 0.717) is 79.8 Å². The highest BCUT2D eigenvalue weighted by molar-refractivity contribution is 7.17. The predicted molar refractivity (Wildman–Crippen MR) is 167 cm³/mol. The Hall–Kier alpha value is -4.50. The lowest BCUT2D eigenvalue weighted by Gasteiger charge is -2.26. The second-order valence-corrected chi connectivity index (χ2v) is 11.7. The highest BCUT2D eigenvalue weighted by Crippen LogP contribution is 2.28. The molecule has 3 aromatic rings. The molecule has 2 aliphatic rings. The molecule has 240 valence electrons. The van der Waals surface area contributed by atoms with E-state index < -0.39 is 11.9 Å². The lowest BCUT2D eigenvalue weighted by molar-refractivity contribution is -0.123. The first-order valence-electron chi connectivity index (χ1n) is 15.0. The highest BCUT2D eigenvalue weighted by Gasteiger charge is 2.26. The van der Waals surface area contributed by atoms with Crippen molar-refractivity contribution in [2.24, 2.45) is 0 Å². The van der Waals surface area contributed by atoms with E-state index in [4.69, 9.17) is 9.47 Å². The number of hydrogen-bond acceptors (Lipinski definition) is 10. The van der Waals surface area contributed by atoms with Gasteiger partial charge in [-0.1, -0.05) is 17.4 Å². The number of fused-ring (bicyclic) bond motifs is 2. The van der Waals surface area contributed by atoms with Gasteiger partial charge < -0.3 is 40.2 Å². The third-order valence-corrected chi connectivity index (χ3v) is 8.63. The van der Waals surface area contributed by atoms with Crippen LogP contribution in [0.4, 0.5) is 5.13 Å². The number of carbonyl (C=O) groups excluding carboxylic acids is 4. The Morgan fingerprint density at radius 2 is 1.91 bits per heavy atom. The summed E-state index contributed by atoms with van der Waals surface area (Å²) >= 11 is 1.33. The fraction of sp³-hybridized carbons (Fsp3) is 0.467. The minimum atomic E-state index is -0.848. The molecule has 4 amide bonds. The maximum atomic E-state index is 13.7. The van der Waals surface area contributed by atoms with Gasteiger partial charge in [0.15, 0.2) is 5.13 Å². The van der Waals surface area contributed by atoms with E-state index in [2.05, 4.69) is 35.8 Å². The number of H-pyrrole nitrogens is 1. The fourth-order valence-corrected chi connectivity index (χ4v) is 6.10. The van der Waals surface area contributed by atoms with Crippen molar-refractivity contribution in [2.45, 2.75) is 32.2 Å². The van der Waals surface area contributed by atoms with E-state index in [1.165, 1.54) is 22.6 Å². The van der Waals surface area contributed by atoms with Gasteiger partial charge in [-0.15, -0.1) is 0 Å². The van der Waals surface area contributed by atoms with Crippen LogP contribution in [0.25, 0.3) is 0 Å². The Balaban J connectivity index is 1.30. The molecule has 0 radical (unpaired) electrons. The SMILES string of the molecule is Cc1nc(N2CCOCC2)sc1C(=O)N1CCCCNC(=O)[C@H](Cc2cnc[nH]2)NC(=O)c2cccc(c2)OCCNC(=O)C1. The molecule has 1 fully saturated rings. The van der Waals surface area contributed by atoms with Crippen LogP contribution in [0.2, 0.25) is 0 Å². The van der Waals surface area contributed by atoms with Crippen LogP contribution >= 0.6 is 11.3 Å². The molecule has 0 spiro atoms. The number of ether oxygens (including phenoxy) is 2. The van der Waals surface area contributed by atoms with Gasteiger partial charge in [-0.2, -0.15) is 0 Å². The largest absolute Gasteiger partial charge is 0.492 e. The number of carbonyl (C=O) groups is 4.